The SMILES string of the molecule is COc1ccc(-n2nc(-c3ccco3)cc2C(=O)N[C@H](C)c2ccccc2)cc1. The van der Waals surface area contributed by atoms with Crippen LogP contribution in [0.1, 0.15) is 29.0 Å². The van der Waals surface area contributed by atoms with Crippen molar-refractivity contribution < 1.29 is 13.9 Å². The molecule has 0 spiro atoms. The van der Waals surface area contributed by atoms with E-state index in [1.54, 1.807) is 30.2 Å². The molecule has 0 radical (unpaired) electrons. The molecule has 2 aromatic carbocycles. The van der Waals surface area contributed by atoms with Gasteiger partial charge in [-0.1, -0.05) is 30.3 Å². The number of methoxy groups -OCH3 is 1. The number of benzene rings is 2. The largest absolute Gasteiger partial charge is 0.497 e. The maximum atomic E-state index is 13.1. The molecule has 0 saturated heterocycles. The van der Waals surface area contributed by atoms with E-state index in [0.29, 0.717) is 17.1 Å². The zero-order valence-corrected chi connectivity index (χ0v) is 16.2. The van der Waals surface area contributed by atoms with Gasteiger partial charge < -0.3 is 14.5 Å². The maximum absolute atomic E-state index is 13.1. The predicted octanol–water partition coefficient (Wildman–Crippen LogP) is 4.63. The van der Waals surface area contributed by atoms with Crippen LogP contribution in [-0.2, 0) is 0 Å². The van der Waals surface area contributed by atoms with E-state index in [4.69, 9.17) is 9.15 Å². The molecule has 1 amide bonds. The molecule has 6 heteroatoms. The zero-order chi connectivity index (χ0) is 20.2. The number of nitrogens with zero attached hydrogens (tertiary/aromatic N) is 2. The van der Waals surface area contributed by atoms with Crippen molar-refractivity contribution in [1.29, 1.82) is 0 Å². The Labute approximate surface area is 168 Å². The van der Waals surface area contributed by atoms with Gasteiger partial charge in [0, 0.05) is 6.07 Å². The number of amides is 1. The van der Waals surface area contributed by atoms with E-state index in [2.05, 4.69) is 10.4 Å². The van der Waals surface area contributed by atoms with Crippen LogP contribution in [0.2, 0.25) is 0 Å². The Kier molecular flexibility index (Phi) is 5.16. The molecule has 0 fully saturated rings. The lowest BCUT2D eigenvalue weighted by molar-refractivity contribution is 0.0932. The fourth-order valence-electron chi connectivity index (χ4n) is 3.10. The van der Waals surface area contributed by atoms with Crippen LogP contribution in [-0.4, -0.2) is 22.8 Å². The van der Waals surface area contributed by atoms with Crippen molar-refractivity contribution in [3.63, 3.8) is 0 Å². The average molecular weight is 387 g/mol. The summed E-state index contributed by atoms with van der Waals surface area (Å²) in [5, 5.41) is 7.65. The topological polar surface area (TPSA) is 69.3 Å². The van der Waals surface area contributed by atoms with Crippen molar-refractivity contribution in [3.05, 3.63) is 90.3 Å². The zero-order valence-electron chi connectivity index (χ0n) is 16.2. The van der Waals surface area contributed by atoms with Gasteiger partial charge in [0.25, 0.3) is 5.91 Å². The first-order chi connectivity index (χ1) is 14.2. The third-order valence-electron chi connectivity index (χ3n) is 4.68. The second-order valence-electron chi connectivity index (χ2n) is 6.61. The Balaban J connectivity index is 1.69. The summed E-state index contributed by atoms with van der Waals surface area (Å²) in [4.78, 5) is 13.1. The molecule has 0 aliphatic carbocycles. The fourth-order valence-corrected chi connectivity index (χ4v) is 3.10. The van der Waals surface area contributed by atoms with Crippen molar-refractivity contribution in [2.24, 2.45) is 0 Å². The first-order valence-electron chi connectivity index (χ1n) is 9.30. The molecule has 146 valence electrons. The van der Waals surface area contributed by atoms with Gasteiger partial charge in [0.1, 0.15) is 17.1 Å². The third kappa shape index (κ3) is 3.91. The summed E-state index contributed by atoms with van der Waals surface area (Å²) in [7, 11) is 1.61. The quantitative estimate of drug-likeness (QED) is 0.524. The molecule has 0 aliphatic heterocycles. The monoisotopic (exact) mass is 387 g/mol. The van der Waals surface area contributed by atoms with Crippen LogP contribution in [0, 0.1) is 0 Å². The van der Waals surface area contributed by atoms with Gasteiger partial charge in [-0.15, -0.1) is 0 Å². The number of hydrogen-bond acceptors (Lipinski definition) is 4. The Bertz CT molecular complexity index is 1080. The predicted molar refractivity (Wildman–Crippen MR) is 110 cm³/mol. The number of nitrogens with one attached hydrogen (secondary N) is 1. The minimum Gasteiger partial charge on any atom is -0.497 e. The number of hydrogen-bond donors (Lipinski definition) is 1. The van der Waals surface area contributed by atoms with Gasteiger partial charge >= 0.3 is 0 Å². The van der Waals surface area contributed by atoms with Crippen molar-refractivity contribution in [3.8, 4) is 22.9 Å². The van der Waals surface area contributed by atoms with Gasteiger partial charge in [-0.25, -0.2) is 4.68 Å². The molecule has 6 nitrogen and oxygen atoms in total. The lowest BCUT2D eigenvalue weighted by Gasteiger charge is -2.15. The molecule has 1 N–H and O–H groups in total. The number of furan rings is 1. The number of rotatable bonds is 6. The Morgan fingerprint density at radius 3 is 2.48 bits per heavy atom. The molecule has 0 aliphatic rings. The highest BCUT2D eigenvalue weighted by molar-refractivity contribution is 5.94. The van der Waals surface area contributed by atoms with E-state index < -0.39 is 0 Å². The van der Waals surface area contributed by atoms with Crippen LogP contribution in [0.3, 0.4) is 0 Å². The van der Waals surface area contributed by atoms with E-state index in [1.165, 1.54) is 0 Å². The molecule has 4 aromatic rings. The van der Waals surface area contributed by atoms with Crippen molar-refractivity contribution in [1.82, 2.24) is 15.1 Å². The van der Waals surface area contributed by atoms with Gasteiger partial charge in [0.2, 0.25) is 0 Å². The molecule has 29 heavy (non-hydrogen) atoms. The van der Waals surface area contributed by atoms with Crippen LogP contribution in [0.5, 0.6) is 5.75 Å². The summed E-state index contributed by atoms with van der Waals surface area (Å²) < 4.78 is 12.3. The highest BCUT2D eigenvalue weighted by atomic mass is 16.5. The van der Waals surface area contributed by atoms with Gasteiger partial charge in [-0.2, -0.15) is 5.10 Å². The molecule has 0 saturated carbocycles. The molecule has 0 unspecified atom stereocenters. The summed E-state index contributed by atoms with van der Waals surface area (Å²) in [6, 6.07) is 22.4. The van der Waals surface area contributed by atoms with Crippen LogP contribution in [0.15, 0.2) is 83.5 Å². The number of ether oxygens (including phenoxy) is 1. The molecule has 1 atom stereocenters. The number of aromatic nitrogens is 2. The second-order valence-corrected chi connectivity index (χ2v) is 6.61. The molecule has 4 rings (SSSR count). The highest BCUT2D eigenvalue weighted by Crippen LogP contribution is 2.24. The lowest BCUT2D eigenvalue weighted by Crippen LogP contribution is -2.28. The van der Waals surface area contributed by atoms with Gasteiger partial charge in [0.15, 0.2) is 5.76 Å². The molecular weight excluding hydrogens is 366 g/mol. The first-order valence-corrected chi connectivity index (χ1v) is 9.30. The van der Waals surface area contributed by atoms with Crippen LogP contribution < -0.4 is 10.1 Å². The number of carbonyl (C=O) groups excluding carboxylic acids is 1. The van der Waals surface area contributed by atoms with Crippen molar-refractivity contribution >= 4 is 5.91 Å². The highest BCUT2D eigenvalue weighted by Gasteiger charge is 2.20. The lowest BCUT2D eigenvalue weighted by atomic mass is 10.1. The van der Waals surface area contributed by atoms with Gasteiger partial charge in [-0.05, 0) is 48.9 Å². The van der Waals surface area contributed by atoms with E-state index in [1.807, 2.05) is 67.6 Å². The smallest absolute Gasteiger partial charge is 0.270 e. The van der Waals surface area contributed by atoms with E-state index in [0.717, 1.165) is 17.0 Å². The fraction of sp³-hybridized carbons (Fsp3) is 0.130. The minimum absolute atomic E-state index is 0.144. The van der Waals surface area contributed by atoms with E-state index >= 15 is 0 Å². The maximum Gasteiger partial charge on any atom is 0.270 e. The Hall–Kier alpha value is -3.80. The van der Waals surface area contributed by atoms with E-state index in [9.17, 15) is 4.79 Å². The summed E-state index contributed by atoms with van der Waals surface area (Å²) in [6.07, 6.45) is 1.58. The molecule has 2 aromatic heterocycles. The van der Waals surface area contributed by atoms with E-state index in [-0.39, 0.29) is 11.9 Å². The normalized spacial score (nSPS) is 11.8. The van der Waals surface area contributed by atoms with Crippen molar-refractivity contribution in [2.45, 2.75) is 13.0 Å². The van der Waals surface area contributed by atoms with Gasteiger partial charge in [-0.3, -0.25) is 4.79 Å². The van der Waals surface area contributed by atoms with Crippen LogP contribution in [0.4, 0.5) is 0 Å². The molecular formula is C23H21N3O3. The number of carbonyl (C=O) groups is 1. The molecule has 0 bridgehead atoms. The van der Waals surface area contributed by atoms with Crippen molar-refractivity contribution in [2.75, 3.05) is 7.11 Å². The van der Waals surface area contributed by atoms with Crippen LogP contribution >= 0.6 is 0 Å². The van der Waals surface area contributed by atoms with Gasteiger partial charge in [0.05, 0.1) is 25.1 Å². The third-order valence-corrected chi connectivity index (χ3v) is 4.68. The van der Waals surface area contributed by atoms with Crippen LogP contribution in [0.25, 0.3) is 17.1 Å². The minimum atomic E-state index is -0.220. The summed E-state index contributed by atoms with van der Waals surface area (Å²) >= 11 is 0. The first kappa shape index (κ1) is 18.6. The summed E-state index contributed by atoms with van der Waals surface area (Å²) in [5.41, 5.74) is 2.79. The average Bonchev–Trinajstić information content (AvgIpc) is 3.44. The molecule has 2 heterocycles. The Morgan fingerprint density at radius 2 is 1.83 bits per heavy atom. The second kappa shape index (κ2) is 8.06. The standard InChI is InChI=1S/C23H21N3O3/c1-16(17-7-4-3-5-8-17)24-23(27)21-15-20(22-9-6-14-29-22)25-26(21)18-10-12-19(28-2)13-11-18/h3-16H,1-2H3,(H,24,27)/t16-/m1/s1. The summed E-state index contributed by atoms with van der Waals surface area (Å²) in [6.45, 7) is 1.95. The summed E-state index contributed by atoms with van der Waals surface area (Å²) in [5.74, 6) is 1.11. The Morgan fingerprint density at radius 1 is 1.07 bits per heavy atom.